The van der Waals surface area contributed by atoms with Gasteiger partial charge in [-0.1, -0.05) is 35.9 Å². The van der Waals surface area contributed by atoms with Crippen LogP contribution in [-0.4, -0.2) is 50.3 Å². The summed E-state index contributed by atoms with van der Waals surface area (Å²) in [5, 5.41) is 6.89. The van der Waals surface area contributed by atoms with E-state index >= 15 is 0 Å². The number of guanidine groups is 1. The van der Waals surface area contributed by atoms with E-state index in [1.807, 2.05) is 0 Å². The normalized spacial score (nSPS) is 18.6. The molecule has 0 saturated carbocycles. The van der Waals surface area contributed by atoms with Gasteiger partial charge in [-0.25, -0.2) is 4.99 Å². The molecule has 2 aliphatic rings. The molecular weight excluding hydrogens is 348 g/mol. The molecular formula is C23H36N4O. The number of allylic oxidation sites excluding steroid dienone is 1. The Bertz CT molecular complexity index is 650. The van der Waals surface area contributed by atoms with Crippen LogP contribution in [0, 0.1) is 0 Å². The minimum Gasteiger partial charge on any atom is -0.379 e. The SMILES string of the molecule is CCNC(=NCc1ccccc1CN1CCOCC1)NCCC1=CCCCC1. The lowest BCUT2D eigenvalue weighted by molar-refractivity contribution is 0.0341. The number of nitrogens with one attached hydrogen (secondary N) is 2. The highest BCUT2D eigenvalue weighted by atomic mass is 16.5. The first-order chi connectivity index (χ1) is 13.8. The number of nitrogens with zero attached hydrogens (tertiary/aromatic N) is 2. The highest BCUT2D eigenvalue weighted by Gasteiger charge is 2.12. The zero-order chi connectivity index (χ0) is 19.4. The van der Waals surface area contributed by atoms with Crippen molar-refractivity contribution in [1.82, 2.24) is 15.5 Å². The van der Waals surface area contributed by atoms with Gasteiger partial charge in [0.15, 0.2) is 5.96 Å². The number of benzene rings is 1. The van der Waals surface area contributed by atoms with E-state index in [4.69, 9.17) is 9.73 Å². The van der Waals surface area contributed by atoms with Crippen molar-refractivity contribution in [2.75, 3.05) is 39.4 Å². The van der Waals surface area contributed by atoms with Crippen molar-refractivity contribution >= 4 is 5.96 Å². The molecule has 1 fully saturated rings. The van der Waals surface area contributed by atoms with Crippen LogP contribution in [0.5, 0.6) is 0 Å². The Hall–Kier alpha value is -1.85. The van der Waals surface area contributed by atoms with Gasteiger partial charge in [0.25, 0.3) is 0 Å². The van der Waals surface area contributed by atoms with Crippen molar-refractivity contribution < 1.29 is 4.74 Å². The molecule has 0 unspecified atom stereocenters. The van der Waals surface area contributed by atoms with E-state index in [9.17, 15) is 0 Å². The summed E-state index contributed by atoms with van der Waals surface area (Å²) in [4.78, 5) is 7.32. The maximum absolute atomic E-state index is 5.47. The maximum atomic E-state index is 5.47. The van der Waals surface area contributed by atoms with Crippen LogP contribution in [0.3, 0.4) is 0 Å². The Balaban J connectivity index is 1.55. The summed E-state index contributed by atoms with van der Waals surface area (Å²) < 4.78 is 5.47. The van der Waals surface area contributed by atoms with Gasteiger partial charge >= 0.3 is 0 Å². The minimum absolute atomic E-state index is 0.707. The molecule has 28 heavy (non-hydrogen) atoms. The molecule has 1 aromatic carbocycles. The van der Waals surface area contributed by atoms with E-state index in [-0.39, 0.29) is 0 Å². The second-order valence-corrected chi connectivity index (χ2v) is 7.64. The van der Waals surface area contributed by atoms with Gasteiger partial charge in [0, 0.05) is 32.7 Å². The van der Waals surface area contributed by atoms with E-state index in [1.165, 1.54) is 36.8 Å². The predicted molar refractivity (Wildman–Crippen MR) is 117 cm³/mol. The third-order valence-electron chi connectivity index (χ3n) is 5.49. The predicted octanol–water partition coefficient (Wildman–Crippen LogP) is 3.46. The summed E-state index contributed by atoms with van der Waals surface area (Å²) in [5.41, 5.74) is 4.28. The van der Waals surface area contributed by atoms with Gasteiger partial charge in [-0.3, -0.25) is 4.90 Å². The van der Waals surface area contributed by atoms with Crippen LogP contribution in [0.1, 0.15) is 50.2 Å². The summed E-state index contributed by atoms with van der Waals surface area (Å²) in [7, 11) is 0. The van der Waals surface area contributed by atoms with E-state index < -0.39 is 0 Å². The van der Waals surface area contributed by atoms with Crippen LogP contribution >= 0.6 is 0 Å². The van der Waals surface area contributed by atoms with Crippen LogP contribution in [0.15, 0.2) is 40.9 Å². The molecule has 0 spiro atoms. The summed E-state index contributed by atoms with van der Waals surface area (Å²) in [5.74, 6) is 0.917. The molecule has 2 N–H and O–H groups in total. The Kier molecular flexibility index (Phi) is 8.85. The summed E-state index contributed by atoms with van der Waals surface area (Å²) in [6.45, 7) is 9.34. The first-order valence-corrected chi connectivity index (χ1v) is 10.9. The Labute approximate surface area is 170 Å². The van der Waals surface area contributed by atoms with Gasteiger partial charge < -0.3 is 15.4 Å². The zero-order valence-corrected chi connectivity index (χ0v) is 17.4. The zero-order valence-electron chi connectivity index (χ0n) is 17.4. The van der Waals surface area contributed by atoms with Gasteiger partial charge in [-0.05, 0) is 50.2 Å². The van der Waals surface area contributed by atoms with Crippen LogP contribution in [0.2, 0.25) is 0 Å². The average Bonchev–Trinajstić information content (AvgIpc) is 2.74. The van der Waals surface area contributed by atoms with Crippen molar-refractivity contribution in [2.45, 2.75) is 52.1 Å². The second-order valence-electron chi connectivity index (χ2n) is 7.64. The topological polar surface area (TPSA) is 48.9 Å². The summed E-state index contributed by atoms with van der Waals surface area (Å²) >= 11 is 0. The molecule has 3 rings (SSSR count). The fourth-order valence-electron chi connectivity index (χ4n) is 3.85. The monoisotopic (exact) mass is 384 g/mol. The fraction of sp³-hybridized carbons (Fsp3) is 0.609. The average molecular weight is 385 g/mol. The molecule has 154 valence electrons. The van der Waals surface area contributed by atoms with E-state index in [0.29, 0.717) is 6.54 Å². The third kappa shape index (κ3) is 6.95. The summed E-state index contributed by atoms with van der Waals surface area (Å²) in [6, 6.07) is 8.68. The molecule has 1 heterocycles. The van der Waals surface area contributed by atoms with Crippen LogP contribution in [0.25, 0.3) is 0 Å². The van der Waals surface area contributed by atoms with Crippen molar-refractivity contribution in [3.05, 3.63) is 47.0 Å². The lowest BCUT2D eigenvalue weighted by atomic mass is 9.97. The van der Waals surface area contributed by atoms with Crippen molar-refractivity contribution in [3.63, 3.8) is 0 Å². The fourth-order valence-corrected chi connectivity index (χ4v) is 3.85. The number of hydrogen-bond acceptors (Lipinski definition) is 3. The number of morpholine rings is 1. The minimum atomic E-state index is 0.707. The largest absolute Gasteiger partial charge is 0.379 e. The lowest BCUT2D eigenvalue weighted by Gasteiger charge is -2.27. The molecule has 5 nitrogen and oxygen atoms in total. The number of hydrogen-bond donors (Lipinski definition) is 2. The first kappa shape index (κ1) is 20.9. The molecule has 0 radical (unpaired) electrons. The highest BCUT2D eigenvalue weighted by molar-refractivity contribution is 5.79. The van der Waals surface area contributed by atoms with Gasteiger partial charge in [-0.2, -0.15) is 0 Å². The second kappa shape index (κ2) is 11.9. The third-order valence-corrected chi connectivity index (χ3v) is 5.49. The Morgan fingerprint density at radius 3 is 2.68 bits per heavy atom. The first-order valence-electron chi connectivity index (χ1n) is 10.9. The molecule has 0 amide bonds. The Morgan fingerprint density at radius 2 is 1.93 bits per heavy atom. The van der Waals surface area contributed by atoms with Crippen LogP contribution < -0.4 is 10.6 Å². The van der Waals surface area contributed by atoms with E-state index in [1.54, 1.807) is 5.57 Å². The van der Waals surface area contributed by atoms with E-state index in [0.717, 1.165) is 58.3 Å². The van der Waals surface area contributed by atoms with Crippen molar-refractivity contribution in [2.24, 2.45) is 4.99 Å². The molecule has 5 heteroatoms. The van der Waals surface area contributed by atoms with Crippen molar-refractivity contribution in [1.29, 1.82) is 0 Å². The van der Waals surface area contributed by atoms with Gasteiger partial charge in [0.05, 0.1) is 19.8 Å². The lowest BCUT2D eigenvalue weighted by Crippen LogP contribution is -2.38. The van der Waals surface area contributed by atoms with E-state index in [2.05, 4.69) is 52.8 Å². The Morgan fingerprint density at radius 1 is 1.11 bits per heavy atom. The van der Waals surface area contributed by atoms with Crippen molar-refractivity contribution in [3.8, 4) is 0 Å². The smallest absolute Gasteiger partial charge is 0.191 e. The molecule has 0 atom stereocenters. The maximum Gasteiger partial charge on any atom is 0.191 e. The molecule has 1 aliphatic heterocycles. The molecule has 1 aliphatic carbocycles. The number of rotatable bonds is 8. The van der Waals surface area contributed by atoms with Gasteiger partial charge in [0.1, 0.15) is 0 Å². The number of aliphatic imine (C=N–C) groups is 1. The number of ether oxygens (including phenoxy) is 1. The summed E-state index contributed by atoms with van der Waals surface area (Å²) in [6.07, 6.45) is 8.77. The molecule has 1 saturated heterocycles. The molecule has 0 bridgehead atoms. The quantitative estimate of drug-likeness (QED) is 0.409. The molecule has 1 aromatic rings. The van der Waals surface area contributed by atoms with Crippen LogP contribution in [-0.2, 0) is 17.8 Å². The molecule has 0 aromatic heterocycles. The van der Waals surface area contributed by atoms with Gasteiger partial charge in [-0.15, -0.1) is 0 Å². The van der Waals surface area contributed by atoms with Crippen LogP contribution in [0.4, 0.5) is 0 Å². The highest BCUT2D eigenvalue weighted by Crippen LogP contribution is 2.19. The standard InChI is InChI=1S/C23H36N4O/c1-2-24-23(25-13-12-20-8-4-3-5-9-20)26-18-21-10-6-7-11-22(21)19-27-14-16-28-17-15-27/h6-8,10-11H,2-5,9,12-19H2,1H3,(H2,24,25,26). The van der Waals surface area contributed by atoms with Gasteiger partial charge in [0.2, 0.25) is 0 Å².